The Morgan fingerprint density at radius 3 is 2.72 bits per heavy atom. The maximum atomic E-state index is 9.72. The number of hydrogen-bond acceptors (Lipinski definition) is 3. The largest absolute Gasteiger partial charge is 0.314 e. The van der Waals surface area contributed by atoms with E-state index in [4.69, 9.17) is 11.6 Å². The second-order valence-corrected chi connectivity index (χ2v) is 5.01. The molecule has 1 aromatic carbocycles. The minimum atomic E-state index is -0.549. The summed E-state index contributed by atoms with van der Waals surface area (Å²) in [6, 6.07) is 10.2. The quantitative estimate of drug-likeness (QED) is 0.910. The SMILES string of the molecule is CCC(C#N)(c1cccc(Cl)c1)N1CCNCC1. The number of rotatable bonds is 3. The van der Waals surface area contributed by atoms with Crippen LogP contribution in [0.4, 0.5) is 0 Å². The zero-order valence-corrected chi connectivity index (χ0v) is 11.4. The minimum Gasteiger partial charge on any atom is -0.314 e. The van der Waals surface area contributed by atoms with Crippen molar-refractivity contribution in [3.63, 3.8) is 0 Å². The topological polar surface area (TPSA) is 39.1 Å². The lowest BCUT2D eigenvalue weighted by molar-refractivity contribution is 0.113. The summed E-state index contributed by atoms with van der Waals surface area (Å²) in [6.45, 7) is 5.72. The van der Waals surface area contributed by atoms with Crippen molar-refractivity contribution in [1.82, 2.24) is 10.2 Å². The number of hydrogen-bond donors (Lipinski definition) is 1. The third kappa shape index (κ3) is 2.37. The van der Waals surface area contributed by atoms with Crippen LogP contribution in [0.25, 0.3) is 0 Å². The first kappa shape index (κ1) is 13.4. The van der Waals surface area contributed by atoms with E-state index in [2.05, 4.69) is 23.2 Å². The molecule has 1 fully saturated rings. The molecule has 0 aromatic heterocycles. The van der Waals surface area contributed by atoms with Gasteiger partial charge >= 0.3 is 0 Å². The van der Waals surface area contributed by atoms with Gasteiger partial charge in [0.2, 0.25) is 0 Å². The van der Waals surface area contributed by atoms with Crippen LogP contribution >= 0.6 is 11.6 Å². The molecule has 0 saturated carbocycles. The van der Waals surface area contributed by atoms with E-state index in [1.165, 1.54) is 0 Å². The molecule has 1 unspecified atom stereocenters. The Kier molecular flexibility index (Phi) is 4.23. The molecule has 18 heavy (non-hydrogen) atoms. The van der Waals surface area contributed by atoms with Gasteiger partial charge in [0, 0.05) is 31.2 Å². The van der Waals surface area contributed by atoms with Crippen molar-refractivity contribution >= 4 is 11.6 Å². The Bertz CT molecular complexity index is 449. The number of benzene rings is 1. The van der Waals surface area contributed by atoms with Crippen molar-refractivity contribution in [1.29, 1.82) is 5.26 Å². The van der Waals surface area contributed by atoms with E-state index in [0.29, 0.717) is 5.02 Å². The van der Waals surface area contributed by atoms with Gasteiger partial charge in [0.1, 0.15) is 5.54 Å². The van der Waals surface area contributed by atoms with Crippen molar-refractivity contribution in [2.24, 2.45) is 0 Å². The van der Waals surface area contributed by atoms with Crippen LogP contribution in [0.15, 0.2) is 24.3 Å². The molecule has 1 heterocycles. The monoisotopic (exact) mass is 263 g/mol. The molecule has 0 amide bonds. The minimum absolute atomic E-state index is 0.549. The summed E-state index contributed by atoms with van der Waals surface area (Å²) in [4.78, 5) is 2.26. The smallest absolute Gasteiger partial charge is 0.134 e. The average Bonchev–Trinajstić information content (AvgIpc) is 2.42. The van der Waals surface area contributed by atoms with Gasteiger partial charge in [0.05, 0.1) is 6.07 Å². The van der Waals surface area contributed by atoms with Crippen LogP contribution in [0, 0.1) is 11.3 Å². The maximum Gasteiger partial charge on any atom is 0.134 e. The van der Waals surface area contributed by atoms with Crippen LogP contribution in [-0.4, -0.2) is 31.1 Å². The van der Waals surface area contributed by atoms with Gasteiger partial charge in [-0.3, -0.25) is 4.90 Å². The second-order valence-electron chi connectivity index (χ2n) is 4.57. The first-order valence-corrected chi connectivity index (χ1v) is 6.74. The van der Waals surface area contributed by atoms with Crippen LogP contribution in [0.1, 0.15) is 18.9 Å². The summed E-state index contributed by atoms with van der Waals surface area (Å²) in [5.74, 6) is 0. The lowest BCUT2D eigenvalue weighted by Gasteiger charge is -2.41. The fourth-order valence-electron chi connectivity index (χ4n) is 2.62. The second kappa shape index (κ2) is 5.71. The number of nitrogens with zero attached hydrogens (tertiary/aromatic N) is 2. The molecule has 1 atom stereocenters. The lowest BCUT2D eigenvalue weighted by atomic mass is 9.86. The zero-order chi connectivity index (χ0) is 13.0. The first-order chi connectivity index (χ1) is 8.73. The van der Waals surface area contributed by atoms with Crippen LogP contribution < -0.4 is 5.32 Å². The van der Waals surface area contributed by atoms with Gasteiger partial charge in [-0.15, -0.1) is 0 Å². The molecule has 1 saturated heterocycles. The van der Waals surface area contributed by atoms with Gasteiger partial charge in [-0.1, -0.05) is 30.7 Å². The van der Waals surface area contributed by atoms with Crippen LogP contribution in [0.5, 0.6) is 0 Å². The van der Waals surface area contributed by atoms with Crippen LogP contribution in [0.2, 0.25) is 5.02 Å². The molecule has 1 aromatic rings. The van der Waals surface area contributed by atoms with E-state index in [-0.39, 0.29) is 0 Å². The Hall–Kier alpha value is -1.08. The predicted molar refractivity (Wildman–Crippen MR) is 73.5 cm³/mol. The predicted octanol–water partition coefficient (Wildman–Crippen LogP) is 2.37. The van der Waals surface area contributed by atoms with Crippen molar-refractivity contribution < 1.29 is 0 Å². The highest BCUT2D eigenvalue weighted by Gasteiger charge is 2.37. The number of piperazine rings is 1. The number of halogens is 1. The molecule has 4 heteroatoms. The normalized spacial score (nSPS) is 20.1. The maximum absolute atomic E-state index is 9.72. The Morgan fingerprint density at radius 2 is 2.17 bits per heavy atom. The van der Waals surface area contributed by atoms with Gasteiger partial charge in [0.15, 0.2) is 0 Å². The third-order valence-corrected chi connectivity index (χ3v) is 3.89. The Balaban J connectivity index is 2.40. The summed E-state index contributed by atoms with van der Waals surface area (Å²) in [5, 5.41) is 13.7. The van der Waals surface area contributed by atoms with Crippen LogP contribution in [-0.2, 0) is 5.54 Å². The molecule has 0 radical (unpaired) electrons. The van der Waals surface area contributed by atoms with Gasteiger partial charge in [-0.05, 0) is 24.1 Å². The molecule has 3 nitrogen and oxygen atoms in total. The molecule has 1 aliphatic heterocycles. The molecular formula is C14H18ClN3. The van der Waals surface area contributed by atoms with E-state index in [0.717, 1.165) is 38.2 Å². The van der Waals surface area contributed by atoms with Crippen molar-refractivity contribution in [3.8, 4) is 6.07 Å². The van der Waals surface area contributed by atoms with Crippen molar-refractivity contribution in [3.05, 3.63) is 34.9 Å². The Labute approximate surface area is 113 Å². The number of nitriles is 1. The van der Waals surface area contributed by atoms with E-state index < -0.39 is 5.54 Å². The first-order valence-electron chi connectivity index (χ1n) is 6.36. The zero-order valence-electron chi connectivity index (χ0n) is 10.6. The fourth-order valence-corrected chi connectivity index (χ4v) is 2.81. The lowest BCUT2D eigenvalue weighted by Crippen LogP contribution is -2.53. The highest BCUT2D eigenvalue weighted by Crippen LogP contribution is 2.33. The summed E-state index contributed by atoms with van der Waals surface area (Å²) < 4.78 is 0. The van der Waals surface area contributed by atoms with E-state index in [1.54, 1.807) is 0 Å². The van der Waals surface area contributed by atoms with E-state index in [1.807, 2.05) is 24.3 Å². The fraction of sp³-hybridized carbons (Fsp3) is 0.500. The third-order valence-electron chi connectivity index (χ3n) is 3.66. The van der Waals surface area contributed by atoms with Crippen LogP contribution in [0.3, 0.4) is 0 Å². The standard InChI is InChI=1S/C14H18ClN3/c1-2-14(11-16,18-8-6-17-7-9-18)12-4-3-5-13(15)10-12/h3-5,10,17H,2,6-9H2,1H3. The summed E-state index contributed by atoms with van der Waals surface area (Å²) in [5.41, 5.74) is 0.453. The van der Waals surface area contributed by atoms with Gasteiger partial charge in [-0.25, -0.2) is 0 Å². The van der Waals surface area contributed by atoms with Gasteiger partial charge in [-0.2, -0.15) is 5.26 Å². The van der Waals surface area contributed by atoms with Crippen molar-refractivity contribution in [2.75, 3.05) is 26.2 Å². The summed E-state index contributed by atoms with van der Waals surface area (Å²) in [6.07, 6.45) is 0.768. The molecule has 96 valence electrons. The molecule has 0 aliphatic carbocycles. The molecule has 1 aliphatic rings. The average molecular weight is 264 g/mol. The van der Waals surface area contributed by atoms with Crippen molar-refractivity contribution in [2.45, 2.75) is 18.9 Å². The van der Waals surface area contributed by atoms with E-state index >= 15 is 0 Å². The summed E-state index contributed by atoms with van der Waals surface area (Å²) >= 11 is 6.06. The molecule has 1 N–H and O–H groups in total. The molecule has 0 bridgehead atoms. The molecular weight excluding hydrogens is 246 g/mol. The molecule has 0 spiro atoms. The van der Waals surface area contributed by atoms with Gasteiger partial charge in [0.25, 0.3) is 0 Å². The highest BCUT2D eigenvalue weighted by molar-refractivity contribution is 6.30. The van der Waals surface area contributed by atoms with E-state index in [9.17, 15) is 5.26 Å². The highest BCUT2D eigenvalue weighted by atomic mass is 35.5. The Morgan fingerprint density at radius 1 is 1.44 bits per heavy atom. The number of nitrogens with one attached hydrogen (secondary N) is 1. The van der Waals surface area contributed by atoms with Gasteiger partial charge < -0.3 is 5.32 Å². The summed E-state index contributed by atoms with van der Waals surface area (Å²) in [7, 11) is 0. The molecule has 2 rings (SSSR count).